The van der Waals surface area contributed by atoms with Crippen molar-refractivity contribution in [2.75, 3.05) is 13.1 Å². The van der Waals surface area contributed by atoms with E-state index in [1.807, 2.05) is 0 Å². The van der Waals surface area contributed by atoms with Crippen LogP contribution in [0.25, 0.3) is 0 Å². The minimum Gasteiger partial charge on any atom is -0.292 e. The number of aliphatic imine (C=N–C) groups is 1. The van der Waals surface area contributed by atoms with Crippen LogP contribution in [0.2, 0.25) is 0 Å². The largest absolute Gasteiger partial charge is 0.292 e. The van der Waals surface area contributed by atoms with Crippen molar-refractivity contribution in [2.24, 2.45) is 10.1 Å². The summed E-state index contributed by atoms with van der Waals surface area (Å²) in [6.07, 6.45) is 2.55. The highest BCUT2D eigenvalue weighted by Crippen LogP contribution is 1.95. The molecule has 0 saturated heterocycles. The fourth-order valence-electron chi connectivity index (χ4n) is 0.725. The van der Waals surface area contributed by atoms with Gasteiger partial charge in [0.1, 0.15) is 6.54 Å². The van der Waals surface area contributed by atoms with Crippen molar-refractivity contribution < 1.29 is 14.5 Å². The zero-order valence-electron chi connectivity index (χ0n) is 7.17. The second kappa shape index (κ2) is 7.60. The van der Waals surface area contributed by atoms with Crippen molar-refractivity contribution in [2.45, 2.75) is 12.5 Å². The summed E-state index contributed by atoms with van der Waals surface area (Å²) in [5.41, 5.74) is 2.16. The Morgan fingerprint density at radius 2 is 2.14 bits per heavy atom. The van der Waals surface area contributed by atoms with Gasteiger partial charge in [0.2, 0.25) is 12.1 Å². The molecule has 8 heteroatoms. The Morgan fingerprint density at radius 1 is 1.43 bits per heavy atom. The van der Waals surface area contributed by atoms with Gasteiger partial charge in [-0.3, -0.25) is 15.5 Å². The molecule has 0 aliphatic rings. The first kappa shape index (κ1) is 12.0. The van der Waals surface area contributed by atoms with Gasteiger partial charge < -0.3 is 0 Å². The van der Waals surface area contributed by atoms with Crippen LogP contribution >= 0.6 is 0 Å². The Balaban J connectivity index is 3.95. The molecule has 0 aliphatic carbocycles. The third-order valence-corrected chi connectivity index (χ3v) is 1.39. The smallest absolute Gasteiger partial charge is 0.258 e. The Kier molecular flexibility index (Phi) is 6.49. The Labute approximate surface area is 78.9 Å². The number of hydrogen-bond donors (Lipinski definition) is 1. The van der Waals surface area contributed by atoms with Crippen LogP contribution in [0.3, 0.4) is 0 Å². The van der Waals surface area contributed by atoms with Crippen LogP contribution < -0.4 is 5.43 Å². The highest BCUT2D eigenvalue weighted by Gasteiger charge is 2.18. The standard InChI is InChI=1S/C6H8N4O4/c11-4-7-2-1-6(10(13)14)3-8-9-5-12/h6,8H,1-3H2. The summed E-state index contributed by atoms with van der Waals surface area (Å²) in [5.74, 6) is 0. The maximum absolute atomic E-state index is 10.4. The fraction of sp³-hybridized carbons (Fsp3) is 0.667. The lowest BCUT2D eigenvalue weighted by molar-refractivity contribution is -0.520. The second-order valence-corrected chi connectivity index (χ2v) is 2.27. The molecule has 1 atom stereocenters. The summed E-state index contributed by atoms with van der Waals surface area (Å²) < 4.78 is 0. The van der Waals surface area contributed by atoms with Gasteiger partial charge in [-0.05, 0) is 0 Å². The van der Waals surface area contributed by atoms with E-state index in [0.717, 1.165) is 0 Å². The lowest BCUT2D eigenvalue weighted by Gasteiger charge is -2.05. The summed E-state index contributed by atoms with van der Waals surface area (Å²) in [6.45, 7) is -0.0712. The molecule has 0 aromatic carbocycles. The number of rotatable bonds is 7. The molecule has 1 N–H and O–H groups in total. The molecule has 0 saturated carbocycles. The van der Waals surface area contributed by atoms with E-state index in [1.165, 1.54) is 12.2 Å². The molecular weight excluding hydrogens is 192 g/mol. The van der Waals surface area contributed by atoms with Gasteiger partial charge in [0.25, 0.3) is 6.08 Å². The van der Waals surface area contributed by atoms with Crippen molar-refractivity contribution in [3.63, 3.8) is 0 Å². The van der Waals surface area contributed by atoms with E-state index >= 15 is 0 Å². The minimum absolute atomic E-state index is 0.0294. The molecule has 1 unspecified atom stereocenters. The maximum Gasteiger partial charge on any atom is 0.258 e. The van der Waals surface area contributed by atoms with Crippen molar-refractivity contribution >= 4 is 12.2 Å². The van der Waals surface area contributed by atoms with Crippen molar-refractivity contribution in [3.05, 3.63) is 10.1 Å². The van der Waals surface area contributed by atoms with E-state index < -0.39 is 11.0 Å². The molecule has 0 aromatic heterocycles. The summed E-state index contributed by atoms with van der Waals surface area (Å²) >= 11 is 0. The minimum atomic E-state index is -0.941. The molecule has 0 rings (SSSR count). The van der Waals surface area contributed by atoms with Crippen LogP contribution in [0.5, 0.6) is 0 Å². The Morgan fingerprint density at radius 3 is 2.64 bits per heavy atom. The van der Waals surface area contributed by atoms with E-state index in [0.29, 0.717) is 0 Å². The zero-order chi connectivity index (χ0) is 10.8. The summed E-state index contributed by atoms with van der Waals surface area (Å²) in [6, 6.07) is -0.941. The molecule has 8 nitrogen and oxygen atoms in total. The highest BCUT2D eigenvalue weighted by molar-refractivity contribution is 5.32. The van der Waals surface area contributed by atoms with E-state index in [2.05, 4.69) is 15.5 Å². The number of hydrogen-bond acceptors (Lipinski definition) is 7. The van der Waals surface area contributed by atoms with Gasteiger partial charge >= 0.3 is 0 Å². The van der Waals surface area contributed by atoms with Crippen LogP contribution in [0.15, 0.2) is 10.1 Å². The molecular formula is C6H8N4O4. The molecule has 0 bridgehead atoms. The molecule has 0 fully saturated rings. The van der Waals surface area contributed by atoms with Crippen molar-refractivity contribution in [1.82, 2.24) is 5.43 Å². The monoisotopic (exact) mass is 200 g/mol. The number of nitrogens with zero attached hydrogens (tertiary/aromatic N) is 3. The topological polar surface area (TPSA) is 114 Å². The first-order valence-electron chi connectivity index (χ1n) is 3.69. The third kappa shape index (κ3) is 5.59. The Bertz CT molecular complexity index is 258. The summed E-state index contributed by atoms with van der Waals surface area (Å²) in [7, 11) is 0. The predicted octanol–water partition coefficient (Wildman–Crippen LogP) is -0.802. The van der Waals surface area contributed by atoms with Gasteiger partial charge in [-0.15, -0.1) is 0 Å². The lowest BCUT2D eigenvalue weighted by atomic mass is 10.2. The van der Waals surface area contributed by atoms with Gasteiger partial charge in [0.05, 0.1) is 6.54 Å². The molecule has 14 heavy (non-hydrogen) atoms. The normalized spacial score (nSPS) is 10.6. The fourth-order valence-corrected chi connectivity index (χ4v) is 0.725. The maximum atomic E-state index is 10.4. The quantitative estimate of drug-likeness (QED) is 0.250. The lowest BCUT2D eigenvalue weighted by Crippen LogP contribution is -2.31. The first-order chi connectivity index (χ1) is 6.72. The first-order valence-corrected chi connectivity index (χ1v) is 3.69. The SMILES string of the molecule is O=C=NCCC(CNN=C=O)[N+](=O)[O-]. The van der Waals surface area contributed by atoms with Gasteiger partial charge in [0, 0.05) is 11.3 Å². The van der Waals surface area contributed by atoms with Crippen LogP contribution in [0.4, 0.5) is 0 Å². The summed E-state index contributed by atoms with van der Waals surface area (Å²) in [4.78, 5) is 32.3. The average Bonchev–Trinajstić information content (AvgIpc) is 2.15. The average molecular weight is 200 g/mol. The van der Waals surface area contributed by atoms with Crippen LogP contribution in [-0.4, -0.2) is 36.2 Å². The van der Waals surface area contributed by atoms with Gasteiger partial charge in [0.15, 0.2) is 0 Å². The van der Waals surface area contributed by atoms with Crippen LogP contribution in [-0.2, 0) is 9.59 Å². The van der Waals surface area contributed by atoms with E-state index in [1.54, 1.807) is 0 Å². The van der Waals surface area contributed by atoms with Gasteiger partial charge in [-0.2, -0.15) is 0 Å². The van der Waals surface area contributed by atoms with E-state index in [9.17, 15) is 19.7 Å². The van der Waals surface area contributed by atoms with Crippen LogP contribution in [0, 0.1) is 10.1 Å². The van der Waals surface area contributed by atoms with E-state index in [4.69, 9.17) is 0 Å². The number of nitrogens with one attached hydrogen (secondary N) is 1. The number of hydrazone groups is 1. The molecule has 0 aliphatic heterocycles. The number of nitro groups is 1. The Hall–Kier alpha value is -2.04. The second-order valence-electron chi connectivity index (χ2n) is 2.27. The van der Waals surface area contributed by atoms with Gasteiger partial charge in [-0.1, -0.05) is 5.10 Å². The number of carbonyl (C=O) groups excluding carboxylic acids is 2. The number of isocyanates is 2. The molecule has 76 valence electrons. The molecule has 0 heterocycles. The molecule has 0 radical (unpaired) electrons. The van der Waals surface area contributed by atoms with Crippen LogP contribution in [0.1, 0.15) is 6.42 Å². The van der Waals surface area contributed by atoms with Gasteiger partial charge in [-0.25, -0.2) is 14.6 Å². The zero-order valence-corrected chi connectivity index (χ0v) is 7.17. The summed E-state index contributed by atoms with van der Waals surface area (Å²) in [5, 5.41) is 13.3. The molecule has 0 aromatic rings. The van der Waals surface area contributed by atoms with Crippen molar-refractivity contribution in [1.29, 1.82) is 0 Å². The third-order valence-electron chi connectivity index (χ3n) is 1.39. The van der Waals surface area contributed by atoms with E-state index in [-0.39, 0.29) is 19.5 Å². The van der Waals surface area contributed by atoms with Crippen molar-refractivity contribution in [3.8, 4) is 0 Å². The molecule has 0 spiro atoms. The predicted molar refractivity (Wildman–Crippen MR) is 44.5 cm³/mol. The molecule has 0 amide bonds. The highest BCUT2D eigenvalue weighted by atomic mass is 16.6.